The van der Waals surface area contributed by atoms with Crippen LogP contribution in [0.1, 0.15) is 59.3 Å². The third-order valence-corrected chi connectivity index (χ3v) is 3.59. The average molecular weight is 256 g/mol. The van der Waals surface area contributed by atoms with E-state index in [-0.39, 0.29) is 36.5 Å². The molecule has 0 amide bonds. The number of carbonyl (C=O) groups excluding carboxylic acids is 2. The molecular formula is C14H24O4. The minimum atomic E-state index is -0.294. The second-order valence-electron chi connectivity index (χ2n) is 5.36. The zero-order chi connectivity index (χ0) is 13.6. The van der Waals surface area contributed by atoms with Gasteiger partial charge in [0.15, 0.2) is 0 Å². The van der Waals surface area contributed by atoms with Gasteiger partial charge in [-0.3, -0.25) is 9.59 Å². The Kier molecular flexibility index (Phi) is 5.63. The second-order valence-corrected chi connectivity index (χ2v) is 5.36. The fraction of sp³-hybridized carbons (Fsp3) is 0.857. The third-order valence-electron chi connectivity index (χ3n) is 3.59. The molecule has 104 valence electrons. The van der Waals surface area contributed by atoms with Gasteiger partial charge in [-0.05, 0) is 39.0 Å². The maximum Gasteiger partial charge on any atom is 0.309 e. The Balaban J connectivity index is 2.19. The molecule has 0 N–H and O–H groups in total. The van der Waals surface area contributed by atoms with E-state index in [9.17, 15) is 9.59 Å². The second kappa shape index (κ2) is 6.76. The van der Waals surface area contributed by atoms with Crippen molar-refractivity contribution in [1.82, 2.24) is 0 Å². The quantitative estimate of drug-likeness (QED) is 0.686. The highest BCUT2D eigenvalue weighted by Gasteiger charge is 2.32. The van der Waals surface area contributed by atoms with Crippen LogP contribution in [0.5, 0.6) is 0 Å². The summed E-state index contributed by atoms with van der Waals surface area (Å²) in [6, 6.07) is 0. The van der Waals surface area contributed by atoms with Crippen molar-refractivity contribution in [3.8, 4) is 0 Å². The van der Waals surface area contributed by atoms with Crippen LogP contribution in [0.3, 0.4) is 0 Å². The van der Waals surface area contributed by atoms with Crippen molar-refractivity contribution in [2.24, 2.45) is 5.92 Å². The van der Waals surface area contributed by atoms with Gasteiger partial charge in [-0.1, -0.05) is 13.8 Å². The lowest BCUT2D eigenvalue weighted by Crippen LogP contribution is -2.28. The number of carbonyl (C=O) groups is 2. The van der Waals surface area contributed by atoms with E-state index in [1.807, 2.05) is 20.8 Å². The molecule has 0 bridgehead atoms. The molecule has 1 rings (SSSR count). The summed E-state index contributed by atoms with van der Waals surface area (Å²) < 4.78 is 10.5. The van der Waals surface area contributed by atoms with Crippen molar-refractivity contribution in [1.29, 1.82) is 0 Å². The maximum atomic E-state index is 11.6. The molecule has 0 aromatic rings. The van der Waals surface area contributed by atoms with Crippen LogP contribution in [0.2, 0.25) is 0 Å². The number of rotatable bonds is 6. The zero-order valence-electron chi connectivity index (χ0n) is 11.7. The van der Waals surface area contributed by atoms with Gasteiger partial charge < -0.3 is 9.47 Å². The normalized spacial score (nSPS) is 19.3. The van der Waals surface area contributed by atoms with Crippen molar-refractivity contribution < 1.29 is 19.1 Å². The average Bonchev–Trinajstić information content (AvgIpc) is 2.74. The van der Waals surface area contributed by atoms with Gasteiger partial charge in [-0.25, -0.2) is 0 Å². The van der Waals surface area contributed by atoms with E-state index in [4.69, 9.17) is 9.47 Å². The highest BCUT2D eigenvalue weighted by atomic mass is 16.6. The molecular weight excluding hydrogens is 232 g/mol. The summed E-state index contributed by atoms with van der Waals surface area (Å²) in [4.78, 5) is 23.0. The lowest BCUT2D eigenvalue weighted by molar-refractivity contribution is -0.160. The Labute approximate surface area is 109 Å². The first-order valence-corrected chi connectivity index (χ1v) is 6.85. The van der Waals surface area contributed by atoms with Gasteiger partial charge >= 0.3 is 11.9 Å². The third kappa shape index (κ3) is 4.67. The first-order valence-electron chi connectivity index (χ1n) is 6.85. The van der Waals surface area contributed by atoms with Crippen molar-refractivity contribution in [2.45, 2.75) is 64.9 Å². The fourth-order valence-electron chi connectivity index (χ4n) is 2.09. The van der Waals surface area contributed by atoms with Crippen LogP contribution in [0.4, 0.5) is 0 Å². The SMILES string of the molecule is CCC(C)C(=O)OCCC(=O)OC1(C)CCCC1. The molecule has 0 saturated heterocycles. The smallest absolute Gasteiger partial charge is 0.309 e. The van der Waals surface area contributed by atoms with Gasteiger partial charge in [0, 0.05) is 0 Å². The standard InChI is InChI=1S/C14H24O4/c1-4-11(2)13(16)17-10-7-12(15)18-14(3)8-5-6-9-14/h11H,4-10H2,1-3H3. The highest BCUT2D eigenvalue weighted by molar-refractivity contribution is 5.73. The van der Waals surface area contributed by atoms with Gasteiger partial charge in [0.2, 0.25) is 0 Å². The monoisotopic (exact) mass is 256 g/mol. The predicted octanol–water partition coefficient (Wildman–Crippen LogP) is 2.84. The molecule has 4 nitrogen and oxygen atoms in total. The van der Waals surface area contributed by atoms with Crippen molar-refractivity contribution in [2.75, 3.05) is 6.61 Å². The summed E-state index contributed by atoms with van der Waals surface area (Å²) in [6.45, 7) is 5.85. The summed E-state index contributed by atoms with van der Waals surface area (Å²) in [7, 11) is 0. The lowest BCUT2D eigenvalue weighted by atomic mass is 10.1. The molecule has 0 aromatic carbocycles. The Bertz CT molecular complexity index is 292. The molecule has 1 fully saturated rings. The van der Waals surface area contributed by atoms with E-state index in [0.29, 0.717) is 0 Å². The van der Waals surface area contributed by atoms with E-state index < -0.39 is 0 Å². The number of esters is 2. The van der Waals surface area contributed by atoms with Crippen LogP contribution < -0.4 is 0 Å². The Morgan fingerprint density at radius 1 is 1.28 bits per heavy atom. The van der Waals surface area contributed by atoms with Gasteiger partial charge in [-0.2, -0.15) is 0 Å². The van der Waals surface area contributed by atoms with E-state index in [0.717, 1.165) is 32.1 Å². The topological polar surface area (TPSA) is 52.6 Å². The summed E-state index contributed by atoms with van der Waals surface area (Å²) in [5.74, 6) is -0.609. The summed E-state index contributed by atoms with van der Waals surface area (Å²) in [5.41, 5.74) is -0.294. The molecule has 1 saturated carbocycles. The van der Waals surface area contributed by atoms with Gasteiger partial charge in [-0.15, -0.1) is 0 Å². The van der Waals surface area contributed by atoms with Gasteiger partial charge in [0.05, 0.1) is 12.3 Å². The number of hydrogen-bond acceptors (Lipinski definition) is 4. The zero-order valence-corrected chi connectivity index (χ0v) is 11.7. The van der Waals surface area contributed by atoms with E-state index in [1.165, 1.54) is 0 Å². The molecule has 1 unspecified atom stereocenters. The minimum Gasteiger partial charge on any atom is -0.465 e. The van der Waals surface area contributed by atoms with Crippen molar-refractivity contribution >= 4 is 11.9 Å². The number of hydrogen-bond donors (Lipinski definition) is 0. The van der Waals surface area contributed by atoms with Gasteiger partial charge in [0.25, 0.3) is 0 Å². The molecule has 1 aliphatic carbocycles. The minimum absolute atomic E-state index is 0.103. The van der Waals surface area contributed by atoms with Crippen LogP contribution in [-0.4, -0.2) is 24.1 Å². The molecule has 0 aromatic heterocycles. The summed E-state index contributed by atoms with van der Waals surface area (Å²) >= 11 is 0. The van der Waals surface area contributed by atoms with Crippen LogP contribution in [0.15, 0.2) is 0 Å². The van der Waals surface area contributed by atoms with E-state index in [2.05, 4.69) is 0 Å². The lowest BCUT2D eigenvalue weighted by Gasteiger charge is -2.24. The largest absolute Gasteiger partial charge is 0.465 e. The first-order chi connectivity index (χ1) is 8.47. The first kappa shape index (κ1) is 15.0. The predicted molar refractivity (Wildman–Crippen MR) is 68.0 cm³/mol. The van der Waals surface area contributed by atoms with Crippen LogP contribution in [0, 0.1) is 5.92 Å². The van der Waals surface area contributed by atoms with E-state index >= 15 is 0 Å². The molecule has 0 aliphatic heterocycles. The Morgan fingerprint density at radius 2 is 1.89 bits per heavy atom. The van der Waals surface area contributed by atoms with Crippen molar-refractivity contribution in [3.05, 3.63) is 0 Å². The Hall–Kier alpha value is -1.06. The molecule has 1 aliphatic rings. The van der Waals surface area contributed by atoms with Crippen LogP contribution >= 0.6 is 0 Å². The van der Waals surface area contributed by atoms with Crippen LogP contribution in [0.25, 0.3) is 0 Å². The van der Waals surface area contributed by atoms with Gasteiger partial charge in [0.1, 0.15) is 12.2 Å². The fourth-order valence-corrected chi connectivity index (χ4v) is 2.09. The van der Waals surface area contributed by atoms with Crippen LogP contribution in [-0.2, 0) is 19.1 Å². The Morgan fingerprint density at radius 3 is 2.44 bits per heavy atom. The highest BCUT2D eigenvalue weighted by Crippen LogP contribution is 2.32. The molecule has 4 heteroatoms. The number of ether oxygens (including phenoxy) is 2. The van der Waals surface area contributed by atoms with E-state index in [1.54, 1.807) is 0 Å². The van der Waals surface area contributed by atoms with Crippen molar-refractivity contribution in [3.63, 3.8) is 0 Å². The maximum absolute atomic E-state index is 11.6. The summed E-state index contributed by atoms with van der Waals surface area (Å²) in [6.07, 6.45) is 5.01. The molecule has 0 spiro atoms. The molecule has 0 radical (unpaired) electrons. The summed E-state index contributed by atoms with van der Waals surface area (Å²) in [5, 5.41) is 0. The molecule has 18 heavy (non-hydrogen) atoms. The molecule has 1 atom stereocenters. The molecule has 0 heterocycles.